The van der Waals surface area contributed by atoms with E-state index in [0.29, 0.717) is 24.5 Å². The second-order valence-electron chi connectivity index (χ2n) is 4.51. The van der Waals surface area contributed by atoms with E-state index in [0.717, 1.165) is 5.56 Å². The lowest BCUT2D eigenvalue weighted by molar-refractivity contribution is -0.137. The van der Waals surface area contributed by atoms with Gasteiger partial charge in [-0.25, -0.2) is 4.79 Å². The number of ketones is 1. The fourth-order valence-corrected chi connectivity index (χ4v) is 1.95. The number of rotatable bonds is 7. The Balaban J connectivity index is 2.81. The maximum Gasteiger partial charge on any atom is 0.330 e. The fraction of sp³-hybridized carbons (Fsp3) is 0.375. The van der Waals surface area contributed by atoms with Gasteiger partial charge in [-0.15, -0.1) is 0 Å². The van der Waals surface area contributed by atoms with Gasteiger partial charge in [-0.2, -0.15) is 0 Å². The molecule has 0 bridgehead atoms. The molecule has 3 nitrogen and oxygen atoms in total. The van der Waals surface area contributed by atoms with Crippen molar-refractivity contribution >= 4 is 23.4 Å². The number of benzene rings is 1. The molecule has 1 aromatic rings. The van der Waals surface area contributed by atoms with Crippen molar-refractivity contribution in [3.05, 3.63) is 47.0 Å². The van der Waals surface area contributed by atoms with Crippen molar-refractivity contribution in [3.63, 3.8) is 0 Å². The predicted octanol–water partition coefficient (Wildman–Crippen LogP) is 3.91. The third-order valence-corrected chi connectivity index (χ3v) is 3.11. The van der Waals surface area contributed by atoms with E-state index >= 15 is 0 Å². The van der Waals surface area contributed by atoms with E-state index in [2.05, 4.69) is 0 Å². The zero-order valence-corrected chi connectivity index (χ0v) is 12.5. The highest BCUT2D eigenvalue weighted by Gasteiger charge is 2.10. The third-order valence-electron chi connectivity index (χ3n) is 2.86. The monoisotopic (exact) mass is 294 g/mol. The number of carbonyl (C=O) groups excluding carboxylic acids is 2. The number of Topliss-reactive ketones (excluding diaryl/α,β-unsaturated/α-hetero) is 1. The summed E-state index contributed by atoms with van der Waals surface area (Å²) in [5, 5.41) is 0.661. The first-order valence-corrected chi connectivity index (χ1v) is 7.00. The van der Waals surface area contributed by atoms with Crippen molar-refractivity contribution in [2.75, 3.05) is 6.61 Å². The Morgan fingerprint density at radius 2 is 1.95 bits per heavy atom. The lowest BCUT2D eigenvalue weighted by Gasteiger charge is -2.12. The summed E-state index contributed by atoms with van der Waals surface area (Å²) in [5.74, 6) is -0.233. The zero-order valence-electron chi connectivity index (χ0n) is 11.8. The number of allylic oxidation sites excluding steroid dienone is 1. The second kappa shape index (κ2) is 8.54. The van der Waals surface area contributed by atoms with Crippen LogP contribution >= 0.6 is 11.6 Å². The van der Waals surface area contributed by atoms with Gasteiger partial charge in [0.15, 0.2) is 0 Å². The van der Waals surface area contributed by atoms with Crippen LogP contribution in [-0.2, 0) is 14.3 Å². The average Bonchev–Trinajstić information content (AvgIpc) is 2.40. The highest BCUT2D eigenvalue weighted by atomic mass is 35.5. The Morgan fingerprint density at radius 3 is 2.50 bits per heavy atom. The minimum atomic E-state index is -0.366. The predicted molar refractivity (Wildman–Crippen MR) is 79.9 cm³/mol. The van der Waals surface area contributed by atoms with Crippen LogP contribution < -0.4 is 0 Å². The maximum absolute atomic E-state index is 11.4. The van der Waals surface area contributed by atoms with Crippen LogP contribution in [0.1, 0.15) is 38.2 Å². The largest absolute Gasteiger partial charge is 0.463 e. The van der Waals surface area contributed by atoms with E-state index < -0.39 is 0 Å². The van der Waals surface area contributed by atoms with Crippen LogP contribution in [0.5, 0.6) is 0 Å². The van der Waals surface area contributed by atoms with E-state index in [4.69, 9.17) is 16.3 Å². The topological polar surface area (TPSA) is 43.4 Å². The van der Waals surface area contributed by atoms with E-state index in [1.54, 1.807) is 32.1 Å². The number of carbonyl (C=O) groups is 2. The van der Waals surface area contributed by atoms with Crippen molar-refractivity contribution in [3.8, 4) is 0 Å². The van der Waals surface area contributed by atoms with Crippen LogP contribution in [0, 0.1) is 0 Å². The molecule has 0 fully saturated rings. The normalized spacial score (nSPS) is 12.3. The fourth-order valence-electron chi connectivity index (χ4n) is 1.83. The summed E-state index contributed by atoms with van der Waals surface area (Å²) in [4.78, 5) is 22.5. The first-order chi connectivity index (χ1) is 9.52. The van der Waals surface area contributed by atoms with Crippen LogP contribution in [0.15, 0.2) is 36.4 Å². The van der Waals surface area contributed by atoms with Gasteiger partial charge in [-0.05, 0) is 38.0 Å². The smallest absolute Gasteiger partial charge is 0.330 e. The molecule has 1 atom stereocenters. The highest BCUT2D eigenvalue weighted by molar-refractivity contribution is 6.30. The first kappa shape index (κ1) is 16.4. The van der Waals surface area contributed by atoms with Gasteiger partial charge in [0.2, 0.25) is 0 Å². The standard InChI is InChI=1S/C16H19ClO3/c1-3-20-16(19)11-8-13(5-4-12(2)18)14-6-9-15(17)10-7-14/h6-11,13H,3-5H2,1-2H3/b11-8+. The van der Waals surface area contributed by atoms with Gasteiger partial charge in [0.1, 0.15) is 5.78 Å². The number of hydrogen-bond acceptors (Lipinski definition) is 3. The lowest BCUT2D eigenvalue weighted by Crippen LogP contribution is -2.03. The van der Waals surface area contributed by atoms with Crippen LogP contribution in [0.3, 0.4) is 0 Å². The molecule has 20 heavy (non-hydrogen) atoms. The summed E-state index contributed by atoms with van der Waals surface area (Å²) in [6.45, 7) is 3.67. The molecule has 0 saturated carbocycles. The first-order valence-electron chi connectivity index (χ1n) is 6.62. The molecule has 0 aromatic heterocycles. The summed E-state index contributed by atoms with van der Waals surface area (Å²) in [5.41, 5.74) is 1.02. The molecule has 0 heterocycles. The molecule has 0 spiro atoms. The van der Waals surface area contributed by atoms with Crippen molar-refractivity contribution in [2.24, 2.45) is 0 Å². The number of ether oxygens (including phenoxy) is 1. The van der Waals surface area contributed by atoms with Gasteiger partial charge >= 0.3 is 5.97 Å². The van der Waals surface area contributed by atoms with Crippen LogP contribution in [-0.4, -0.2) is 18.4 Å². The SMILES string of the molecule is CCOC(=O)/C=C/C(CCC(C)=O)c1ccc(Cl)cc1. The molecule has 108 valence electrons. The molecular formula is C16H19ClO3. The molecule has 1 unspecified atom stereocenters. The van der Waals surface area contributed by atoms with Gasteiger partial charge in [0.05, 0.1) is 6.61 Å². The summed E-state index contributed by atoms with van der Waals surface area (Å²) in [6, 6.07) is 7.41. The van der Waals surface area contributed by atoms with Crippen LogP contribution in [0.25, 0.3) is 0 Å². The van der Waals surface area contributed by atoms with E-state index in [1.165, 1.54) is 6.08 Å². The lowest BCUT2D eigenvalue weighted by atomic mass is 9.93. The van der Waals surface area contributed by atoms with Crippen molar-refractivity contribution in [1.29, 1.82) is 0 Å². The molecule has 1 aromatic carbocycles. The molecule has 1 rings (SSSR count). The van der Waals surface area contributed by atoms with Gasteiger partial charge < -0.3 is 9.53 Å². The molecule has 0 N–H and O–H groups in total. The summed E-state index contributed by atoms with van der Waals surface area (Å²) >= 11 is 5.87. The minimum Gasteiger partial charge on any atom is -0.463 e. The Morgan fingerprint density at radius 1 is 1.30 bits per heavy atom. The molecule has 0 aliphatic heterocycles. The highest BCUT2D eigenvalue weighted by Crippen LogP contribution is 2.24. The summed E-state index contributed by atoms with van der Waals surface area (Å²) in [6.07, 6.45) is 4.33. The van der Waals surface area contributed by atoms with Crippen molar-refractivity contribution < 1.29 is 14.3 Å². The van der Waals surface area contributed by atoms with E-state index in [-0.39, 0.29) is 17.7 Å². The molecule has 0 amide bonds. The van der Waals surface area contributed by atoms with E-state index in [9.17, 15) is 9.59 Å². The number of hydrogen-bond donors (Lipinski definition) is 0. The minimum absolute atomic E-state index is 0.000530. The van der Waals surface area contributed by atoms with Crippen molar-refractivity contribution in [2.45, 2.75) is 32.6 Å². The van der Waals surface area contributed by atoms with Gasteiger partial charge in [-0.1, -0.05) is 29.8 Å². The Kier molecular flexibility index (Phi) is 7.02. The Labute approximate surface area is 124 Å². The summed E-state index contributed by atoms with van der Waals surface area (Å²) in [7, 11) is 0. The molecule has 0 aliphatic carbocycles. The zero-order chi connectivity index (χ0) is 15.0. The van der Waals surface area contributed by atoms with Gasteiger partial charge in [0, 0.05) is 23.4 Å². The Hall–Kier alpha value is -1.61. The maximum atomic E-state index is 11.4. The Bertz CT molecular complexity index is 477. The molecule has 0 aliphatic rings. The summed E-state index contributed by atoms with van der Waals surface area (Å²) < 4.78 is 4.86. The number of halogens is 1. The molecular weight excluding hydrogens is 276 g/mol. The van der Waals surface area contributed by atoms with Crippen LogP contribution in [0.4, 0.5) is 0 Å². The van der Waals surface area contributed by atoms with Gasteiger partial charge in [0.25, 0.3) is 0 Å². The van der Waals surface area contributed by atoms with Crippen LogP contribution in [0.2, 0.25) is 5.02 Å². The van der Waals surface area contributed by atoms with Gasteiger partial charge in [-0.3, -0.25) is 0 Å². The molecule has 0 radical (unpaired) electrons. The average molecular weight is 295 g/mol. The third kappa shape index (κ3) is 6.02. The van der Waals surface area contributed by atoms with Crippen molar-refractivity contribution in [1.82, 2.24) is 0 Å². The molecule has 4 heteroatoms. The number of esters is 1. The van der Waals surface area contributed by atoms with E-state index in [1.807, 2.05) is 12.1 Å². The second-order valence-corrected chi connectivity index (χ2v) is 4.95. The quantitative estimate of drug-likeness (QED) is 0.565. The molecule has 0 saturated heterocycles.